The Morgan fingerprint density at radius 3 is 1.79 bits per heavy atom. The van der Waals surface area contributed by atoms with Crippen LogP contribution in [-0.4, -0.2) is 81.6 Å². The van der Waals surface area contributed by atoms with Gasteiger partial charge in [0.05, 0.1) is 49.6 Å². The molecule has 15 heteroatoms. The number of aryl methyl sites for hydroxylation is 1. The fraction of sp³-hybridized carbons (Fsp3) is 0.404. The summed E-state index contributed by atoms with van der Waals surface area (Å²) in [5, 5.41) is 22.2. The minimum Gasteiger partial charge on any atom is -0.504 e. The fourth-order valence-electron chi connectivity index (χ4n) is 6.24. The second kappa shape index (κ2) is 29.0. The molecule has 0 aliphatic rings. The number of aromatic nitrogens is 1. The number of fused-ring (bicyclic) bond motifs is 1. The molecule has 2 N–H and O–H groups in total. The monoisotopic (exact) mass is 1010 g/mol. The van der Waals surface area contributed by atoms with E-state index >= 15 is 0 Å². The van der Waals surface area contributed by atoms with Crippen molar-refractivity contribution in [2.24, 2.45) is 0 Å². The van der Waals surface area contributed by atoms with Crippen molar-refractivity contribution in [3.05, 3.63) is 98.2 Å². The standard InChI is InChI=1S/C21H22BrNO4.C16H26O4.C10H11BrO3.ClH/c1-4-26-18-7-6-15-14(11-23-12-16(15)20(18)24)8-13-9-17(22)21(27-5-2)19(10-13)25-3;1-4-18-14-11-7-9-13(16(14)17)10-8-12-15(19-5-2)20-6-3;1-3-14-10-8(11)4-7(6-12)5-9(10)13-2;/h6-7,9-12,24H,4-5,8H2,1-3H3;7,9,11,15,17H,4-6,8,10,12H2,1-3H3;4-6H,3H2,1-2H3;1H. The third-order valence-corrected chi connectivity index (χ3v) is 10.1. The van der Waals surface area contributed by atoms with Crippen LogP contribution in [0.15, 0.2) is 75.9 Å². The molecular formula is C47H60Br2ClNO11. The van der Waals surface area contributed by atoms with Gasteiger partial charge in [-0.05, 0) is 158 Å². The van der Waals surface area contributed by atoms with E-state index in [-0.39, 0.29) is 30.2 Å². The number of aldehydes is 1. The molecule has 1 aromatic heterocycles. The van der Waals surface area contributed by atoms with Gasteiger partial charge in [0.1, 0.15) is 6.29 Å². The second-order valence-electron chi connectivity index (χ2n) is 13.0. The van der Waals surface area contributed by atoms with Crippen LogP contribution >= 0.6 is 44.3 Å². The normalized spacial score (nSPS) is 10.4. The van der Waals surface area contributed by atoms with Crippen LogP contribution in [0.1, 0.15) is 81.4 Å². The van der Waals surface area contributed by atoms with E-state index in [2.05, 4.69) is 36.8 Å². The number of phenols is 2. The van der Waals surface area contributed by atoms with Crippen molar-refractivity contribution in [1.82, 2.24) is 4.98 Å². The Labute approximate surface area is 388 Å². The zero-order valence-electron chi connectivity index (χ0n) is 36.8. The second-order valence-corrected chi connectivity index (χ2v) is 14.7. The maximum Gasteiger partial charge on any atom is 0.175 e. The highest BCUT2D eigenvalue weighted by Gasteiger charge is 2.16. The summed E-state index contributed by atoms with van der Waals surface area (Å²) in [5.74, 6) is 3.94. The molecule has 4 aromatic carbocycles. The van der Waals surface area contributed by atoms with Gasteiger partial charge in [0, 0.05) is 36.6 Å². The van der Waals surface area contributed by atoms with Crippen molar-refractivity contribution >= 4 is 61.3 Å². The zero-order valence-corrected chi connectivity index (χ0v) is 40.7. The molecule has 0 atom stereocenters. The summed E-state index contributed by atoms with van der Waals surface area (Å²) in [7, 11) is 3.17. The van der Waals surface area contributed by atoms with Gasteiger partial charge >= 0.3 is 0 Å². The van der Waals surface area contributed by atoms with Crippen LogP contribution in [0.2, 0.25) is 0 Å². The Bertz CT molecular complexity index is 2120. The van der Waals surface area contributed by atoms with Crippen molar-refractivity contribution in [2.45, 2.75) is 73.5 Å². The average Bonchev–Trinajstić information content (AvgIpc) is 3.25. The van der Waals surface area contributed by atoms with E-state index in [4.69, 9.17) is 37.9 Å². The third-order valence-electron chi connectivity index (χ3n) is 8.88. The molecule has 0 fully saturated rings. The molecular weight excluding hydrogens is 950 g/mol. The number of halogens is 3. The maximum absolute atomic E-state index is 10.6. The lowest BCUT2D eigenvalue weighted by Crippen LogP contribution is -2.17. The summed E-state index contributed by atoms with van der Waals surface area (Å²) in [6.07, 6.45) is 7.23. The number of aromatic hydroxyl groups is 2. The highest BCUT2D eigenvalue weighted by molar-refractivity contribution is 9.11. The SMILES string of the molecule is CCOc1c(Br)cc(C=O)cc1OC.CCOc1ccc2c(Cc3cc(Br)c(OCC)c(OC)c3)cncc2c1O.CCOc1cccc(CCCC(OCC)OCC)c1O.Cl. The Balaban J connectivity index is 0.000000335. The first-order valence-electron chi connectivity index (χ1n) is 20.4. The topological polar surface area (TPSA) is 144 Å². The number of nitrogens with zero attached hydrogens (tertiary/aromatic N) is 1. The van der Waals surface area contributed by atoms with Crippen molar-refractivity contribution in [1.29, 1.82) is 0 Å². The molecule has 0 aliphatic heterocycles. The minimum absolute atomic E-state index is 0. The predicted molar refractivity (Wildman–Crippen MR) is 253 cm³/mol. The van der Waals surface area contributed by atoms with Crippen LogP contribution in [0.3, 0.4) is 0 Å². The van der Waals surface area contributed by atoms with Gasteiger partial charge in [0.2, 0.25) is 0 Å². The molecule has 0 aliphatic carbocycles. The number of benzene rings is 4. The van der Waals surface area contributed by atoms with Crippen LogP contribution in [0.25, 0.3) is 10.8 Å². The molecule has 0 spiro atoms. The first-order valence-corrected chi connectivity index (χ1v) is 21.9. The molecule has 0 amide bonds. The van der Waals surface area contributed by atoms with E-state index in [0.717, 1.165) is 56.6 Å². The van der Waals surface area contributed by atoms with Gasteiger partial charge in [-0.1, -0.05) is 18.2 Å². The molecule has 1 heterocycles. The van der Waals surface area contributed by atoms with Crippen molar-refractivity contribution in [2.75, 3.05) is 53.9 Å². The van der Waals surface area contributed by atoms with Crippen LogP contribution < -0.4 is 28.4 Å². The van der Waals surface area contributed by atoms with E-state index in [9.17, 15) is 15.0 Å². The lowest BCUT2D eigenvalue weighted by molar-refractivity contribution is -0.140. The summed E-state index contributed by atoms with van der Waals surface area (Å²) in [6.45, 7) is 15.0. The van der Waals surface area contributed by atoms with E-state index in [1.54, 1.807) is 44.7 Å². The summed E-state index contributed by atoms with van der Waals surface area (Å²) in [4.78, 5) is 14.9. The zero-order chi connectivity index (χ0) is 44.7. The van der Waals surface area contributed by atoms with Gasteiger partial charge in [-0.25, -0.2) is 0 Å². The molecule has 5 aromatic rings. The van der Waals surface area contributed by atoms with Gasteiger partial charge in [-0.15, -0.1) is 12.4 Å². The molecule has 5 rings (SSSR count). The molecule has 0 saturated heterocycles. The molecule has 340 valence electrons. The Morgan fingerprint density at radius 2 is 1.23 bits per heavy atom. The summed E-state index contributed by atoms with van der Waals surface area (Å²) >= 11 is 6.88. The molecule has 0 unspecified atom stereocenters. The highest BCUT2D eigenvalue weighted by atomic mass is 79.9. The van der Waals surface area contributed by atoms with Gasteiger partial charge < -0.3 is 48.1 Å². The fourth-order valence-corrected chi connectivity index (χ4v) is 7.42. The van der Waals surface area contributed by atoms with E-state index in [1.165, 1.54) is 0 Å². The first kappa shape index (κ1) is 53.7. The number of para-hydroxylation sites is 1. The number of carbonyl (C=O) groups is 1. The Morgan fingerprint density at radius 1 is 0.645 bits per heavy atom. The Hall–Kier alpha value is -4.47. The van der Waals surface area contributed by atoms with Crippen molar-refractivity contribution in [3.63, 3.8) is 0 Å². The third kappa shape index (κ3) is 15.7. The number of rotatable bonds is 21. The highest BCUT2D eigenvalue weighted by Crippen LogP contribution is 2.40. The quantitative estimate of drug-likeness (QED) is 0.0533. The molecule has 62 heavy (non-hydrogen) atoms. The van der Waals surface area contributed by atoms with Crippen LogP contribution in [0.4, 0.5) is 0 Å². The van der Waals surface area contributed by atoms with E-state index in [0.29, 0.717) is 91.5 Å². The number of ether oxygens (including phenoxy) is 8. The summed E-state index contributed by atoms with van der Waals surface area (Å²) in [5.41, 5.74) is 3.51. The Kier molecular flexibility index (Phi) is 25.1. The van der Waals surface area contributed by atoms with E-state index in [1.807, 2.05) is 78.1 Å². The number of hydrogen-bond acceptors (Lipinski definition) is 12. The minimum atomic E-state index is -0.151. The van der Waals surface area contributed by atoms with Crippen LogP contribution in [0.5, 0.6) is 46.0 Å². The van der Waals surface area contributed by atoms with Gasteiger partial charge in [-0.3, -0.25) is 9.78 Å². The van der Waals surface area contributed by atoms with Crippen LogP contribution in [0, 0.1) is 0 Å². The summed E-state index contributed by atoms with van der Waals surface area (Å²) in [6, 6.07) is 16.7. The molecule has 12 nitrogen and oxygen atoms in total. The number of hydrogen-bond donors (Lipinski definition) is 2. The smallest absolute Gasteiger partial charge is 0.175 e. The molecule has 0 bridgehead atoms. The van der Waals surface area contributed by atoms with Gasteiger partial charge in [-0.2, -0.15) is 0 Å². The number of pyridine rings is 1. The first-order chi connectivity index (χ1) is 29.5. The van der Waals surface area contributed by atoms with Gasteiger partial charge in [0.15, 0.2) is 52.3 Å². The lowest BCUT2D eigenvalue weighted by atomic mass is 10.00. The molecule has 0 saturated carbocycles. The van der Waals surface area contributed by atoms with Crippen molar-refractivity contribution in [3.8, 4) is 46.0 Å². The largest absolute Gasteiger partial charge is 0.504 e. The van der Waals surface area contributed by atoms with E-state index < -0.39 is 0 Å². The van der Waals surface area contributed by atoms with Crippen LogP contribution in [-0.2, 0) is 22.3 Å². The number of phenolic OH excluding ortho intramolecular Hbond substituents is 2. The molecule has 0 radical (unpaired) electrons. The van der Waals surface area contributed by atoms with Crippen molar-refractivity contribution < 1.29 is 52.9 Å². The maximum atomic E-state index is 10.6. The lowest BCUT2D eigenvalue weighted by Gasteiger charge is -2.17. The summed E-state index contributed by atoms with van der Waals surface area (Å²) < 4.78 is 45.0. The average molecular weight is 1010 g/mol. The number of carbonyl (C=O) groups excluding carboxylic acids is 1. The predicted octanol–water partition coefficient (Wildman–Crippen LogP) is 11.7. The van der Waals surface area contributed by atoms with Gasteiger partial charge in [0.25, 0.3) is 0 Å². The number of methoxy groups -OCH3 is 2.